The minimum Gasteiger partial charge on any atom is -0.341 e. The maximum Gasteiger partial charge on any atom is 0.228 e. The molecule has 3 nitrogen and oxygen atoms in total. The van der Waals surface area contributed by atoms with Crippen LogP contribution in [0.5, 0.6) is 0 Å². The highest BCUT2D eigenvalue weighted by Crippen LogP contribution is 2.30. The third kappa shape index (κ3) is 3.13. The smallest absolute Gasteiger partial charge is 0.228 e. The van der Waals surface area contributed by atoms with Crippen LogP contribution in [0.4, 0.5) is 4.39 Å². The third-order valence-corrected chi connectivity index (χ3v) is 3.94. The molecule has 1 saturated heterocycles. The minimum atomic E-state index is -0.314. The fourth-order valence-corrected chi connectivity index (χ4v) is 2.61. The number of nitrogens with zero attached hydrogens (tertiary/aromatic N) is 1. The Bertz CT molecular complexity index is 455. The number of rotatable bonds is 3. The van der Waals surface area contributed by atoms with Crippen molar-refractivity contribution in [3.63, 3.8) is 0 Å². The van der Waals surface area contributed by atoms with Gasteiger partial charge in [0.2, 0.25) is 5.91 Å². The Morgan fingerprint density at radius 3 is 2.63 bits per heavy atom. The standard InChI is InChI=1S/C15H21FN2O/c1-15(7-9-17-10-8-15)14(19)18(2)11-12-5-3-4-6-13(12)16/h3-6,17H,7-11H2,1-2H3. The first kappa shape index (κ1) is 14.0. The highest BCUT2D eigenvalue weighted by molar-refractivity contribution is 5.82. The molecule has 104 valence electrons. The van der Waals surface area contributed by atoms with Crippen molar-refractivity contribution in [3.8, 4) is 0 Å². The fourth-order valence-electron chi connectivity index (χ4n) is 2.61. The lowest BCUT2D eigenvalue weighted by molar-refractivity contribution is -0.141. The van der Waals surface area contributed by atoms with Gasteiger partial charge in [-0.15, -0.1) is 0 Å². The Labute approximate surface area is 113 Å². The Hall–Kier alpha value is -1.42. The van der Waals surface area contributed by atoms with Crippen LogP contribution in [-0.4, -0.2) is 30.9 Å². The van der Waals surface area contributed by atoms with Gasteiger partial charge in [-0.2, -0.15) is 0 Å². The summed E-state index contributed by atoms with van der Waals surface area (Å²) in [6, 6.07) is 6.61. The van der Waals surface area contributed by atoms with E-state index in [1.165, 1.54) is 6.07 Å². The number of halogens is 1. The Morgan fingerprint density at radius 1 is 1.37 bits per heavy atom. The number of carbonyl (C=O) groups is 1. The van der Waals surface area contributed by atoms with Crippen molar-refractivity contribution in [2.24, 2.45) is 5.41 Å². The summed E-state index contributed by atoms with van der Waals surface area (Å²) in [6.07, 6.45) is 1.68. The molecule has 2 rings (SSSR count). The largest absolute Gasteiger partial charge is 0.341 e. The van der Waals surface area contributed by atoms with Gasteiger partial charge in [-0.25, -0.2) is 4.39 Å². The van der Waals surface area contributed by atoms with E-state index in [2.05, 4.69) is 5.32 Å². The van der Waals surface area contributed by atoms with E-state index in [9.17, 15) is 9.18 Å². The molecule has 0 bridgehead atoms. The lowest BCUT2D eigenvalue weighted by Crippen LogP contribution is -2.46. The molecule has 1 amide bonds. The summed E-state index contributed by atoms with van der Waals surface area (Å²) in [5, 5.41) is 3.26. The van der Waals surface area contributed by atoms with Crippen LogP contribution in [0, 0.1) is 11.2 Å². The van der Waals surface area contributed by atoms with Gasteiger partial charge in [0, 0.05) is 24.6 Å². The van der Waals surface area contributed by atoms with E-state index in [-0.39, 0.29) is 17.1 Å². The Morgan fingerprint density at radius 2 is 2.00 bits per heavy atom. The zero-order valence-corrected chi connectivity index (χ0v) is 11.6. The number of benzene rings is 1. The third-order valence-electron chi connectivity index (χ3n) is 3.94. The number of hydrogen-bond acceptors (Lipinski definition) is 2. The van der Waals surface area contributed by atoms with E-state index >= 15 is 0 Å². The van der Waals surface area contributed by atoms with Crippen molar-refractivity contribution < 1.29 is 9.18 Å². The molecular formula is C15H21FN2O. The van der Waals surface area contributed by atoms with Crippen LogP contribution in [0.15, 0.2) is 24.3 Å². The average Bonchev–Trinajstić information content (AvgIpc) is 2.41. The summed E-state index contributed by atoms with van der Waals surface area (Å²) in [5.41, 5.74) is 0.251. The van der Waals surface area contributed by atoms with E-state index < -0.39 is 0 Å². The van der Waals surface area contributed by atoms with Crippen molar-refractivity contribution in [2.45, 2.75) is 26.3 Å². The Kier molecular flexibility index (Phi) is 4.20. The van der Waals surface area contributed by atoms with E-state index in [0.29, 0.717) is 12.1 Å². The summed E-state index contributed by atoms with van der Waals surface area (Å²) >= 11 is 0. The summed E-state index contributed by atoms with van der Waals surface area (Å²) in [6.45, 7) is 4.08. The predicted molar refractivity (Wildman–Crippen MR) is 73.1 cm³/mol. The normalized spacial score (nSPS) is 18.1. The van der Waals surface area contributed by atoms with Crippen LogP contribution in [0.2, 0.25) is 0 Å². The molecule has 1 aromatic rings. The quantitative estimate of drug-likeness (QED) is 0.907. The zero-order valence-electron chi connectivity index (χ0n) is 11.6. The van der Waals surface area contributed by atoms with Gasteiger partial charge in [-0.1, -0.05) is 25.1 Å². The monoisotopic (exact) mass is 264 g/mol. The Balaban J connectivity index is 2.05. The second-order valence-corrected chi connectivity index (χ2v) is 5.56. The van der Waals surface area contributed by atoms with Gasteiger partial charge in [0.15, 0.2) is 0 Å². The molecule has 1 heterocycles. The van der Waals surface area contributed by atoms with E-state index in [1.54, 1.807) is 30.1 Å². The van der Waals surface area contributed by atoms with Gasteiger partial charge in [0.1, 0.15) is 5.82 Å². The summed E-state index contributed by atoms with van der Waals surface area (Å²) in [4.78, 5) is 14.2. The van der Waals surface area contributed by atoms with E-state index in [4.69, 9.17) is 0 Å². The fraction of sp³-hybridized carbons (Fsp3) is 0.533. The molecule has 0 unspecified atom stereocenters. The second-order valence-electron chi connectivity index (χ2n) is 5.56. The van der Waals surface area contributed by atoms with Crippen molar-refractivity contribution in [3.05, 3.63) is 35.6 Å². The van der Waals surface area contributed by atoms with Crippen LogP contribution in [0.25, 0.3) is 0 Å². The summed E-state index contributed by atoms with van der Waals surface area (Å²) < 4.78 is 13.6. The van der Waals surface area contributed by atoms with Gasteiger partial charge >= 0.3 is 0 Å². The minimum absolute atomic E-state index is 0.109. The molecule has 1 aromatic carbocycles. The average molecular weight is 264 g/mol. The van der Waals surface area contributed by atoms with Crippen molar-refractivity contribution in [1.82, 2.24) is 10.2 Å². The molecular weight excluding hydrogens is 243 g/mol. The maximum absolute atomic E-state index is 13.6. The molecule has 1 fully saturated rings. The van der Waals surface area contributed by atoms with Crippen LogP contribution >= 0.6 is 0 Å². The number of nitrogens with one attached hydrogen (secondary N) is 1. The van der Waals surface area contributed by atoms with Gasteiger partial charge in [0.25, 0.3) is 0 Å². The molecule has 1 aliphatic heterocycles. The van der Waals surface area contributed by atoms with E-state index in [1.807, 2.05) is 6.92 Å². The topological polar surface area (TPSA) is 32.3 Å². The molecule has 19 heavy (non-hydrogen) atoms. The summed E-state index contributed by atoms with van der Waals surface area (Å²) in [7, 11) is 1.75. The van der Waals surface area contributed by atoms with Gasteiger partial charge in [0.05, 0.1) is 0 Å². The molecule has 0 radical (unpaired) electrons. The highest BCUT2D eigenvalue weighted by atomic mass is 19.1. The molecule has 0 atom stereocenters. The van der Waals surface area contributed by atoms with Crippen LogP contribution in [0.3, 0.4) is 0 Å². The zero-order chi connectivity index (χ0) is 13.9. The molecule has 0 aliphatic carbocycles. The molecule has 4 heteroatoms. The van der Waals surface area contributed by atoms with Gasteiger partial charge in [-0.05, 0) is 32.0 Å². The summed E-state index contributed by atoms with van der Waals surface area (Å²) in [5.74, 6) is -0.144. The predicted octanol–water partition coefficient (Wildman–Crippen LogP) is 2.17. The molecule has 0 aromatic heterocycles. The first-order valence-electron chi connectivity index (χ1n) is 6.73. The lowest BCUT2D eigenvalue weighted by Gasteiger charge is -2.36. The first-order valence-corrected chi connectivity index (χ1v) is 6.73. The molecule has 1 aliphatic rings. The van der Waals surface area contributed by atoms with Crippen molar-refractivity contribution >= 4 is 5.91 Å². The van der Waals surface area contributed by atoms with Gasteiger partial charge < -0.3 is 10.2 Å². The van der Waals surface area contributed by atoms with Gasteiger partial charge in [-0.3, -0.25) is 4.79 Å². The molecule has 0 saturated carbocycles. The van der Waals surface area contributed by atoms with E-state index in [0.717, 1.165) is 25.9 Å². The second kappa shape index (κ2) is 5.70. The van der Waals surface area contributed by atoms with Crippen molar-refractivity contribution in [1.29, 1.82) is 0 Å². The maximum atomic E-state index is 13.6. The SMILES string of the molecule is CN(Cc1ccccc1F)C(=O)C1(C)CCNCC1. The number of piperidine rings is 1. The first-order chi connectivity index (χ1) is 9.03. The van der Waals surface area contributed by atoms with Crippen LogP contribution in [0.1, 0.15) is 25.3 Å². The number of amides is 1. The van der Waals surface area contributed by atoms with Crippen LogP contribution in [-0.2, 0) is 11.3 Å². The molecule has 1 N–H and O–H groups in total. The highest BCUT2D eigenvalue weighted by Gasteiger charge is 2.36. The number of carbonyl (C=O) groups excluding carboxylic acids is 1. The lowest BCUT2D eigenvalue weighted by atomic mass is 9.79. The molecule has 0 spiro atoms. The van der Waals surface area contributed by atoms with Crippen molar-refractivity contribution in [2.75, 3.05) is 20.1 Å². The van der Waals surface area contributed by atoms with Crippen LogP contribution < -0.4 is 5.32 Å². The number of hydrogen-bond donors (Lipinski definition) is 1.